The van der Waals surface area contributed by atoms with Gasteiger partial charge in [-0.25, -0.2) is 9.59 Å². The Balaban J connectivity index is 1.81. The molecular weight excluding hydrogens is 440 g/mol. The maximum Gasteiger partial charge on any atom is 0.330 e. The molecule has 0 amide bonds. The maximum absolute atomic E-state index is 11.8. The number of benzene rings is 2. The fraction of sp³-hybridized carbons (Fsp3) is 0.400. The lowest BCUT2D eigenvalue weighted by Gasteiger charge is -2.18. The van der Waals surface area contributed by atoms with Gasteiger partial charge in [-0.05, 0) is 67.3 Å². The average Bonchev–Trinajstić information content (AvgIpc) is 2.89. The van der Waals surface area contributed by atoms with E-state index in [2.05, 4.69) is 44.3 Å². The summed E-state index contributed by atoms with van der Waals surface area (Å²) >= 11 is 0. The minimum Gasteiger partial charge on any atom is -0.494 e. The molecule has 1 unspecified atom stereocenters. The Labute approximate surface area is 209 Å². The van der Waals surface area contributed by atoms with Gasteiger partial charge in [-0.15, -0.1) is 0 Å². The summed E-state index contributed by atoms with van der Waals surface area (Å²) in [4.78, 5) is 22.7. The van der Waals surface area contributed by atoms with Crippen molar-refractivity contribution >= 4 is 11.9 Å². The molecule has 0 aliphatic rings. The maximum atomic E-state index is 11.8. The molecule has 1 atom stereocenters. The highest BCUT2D eigenvalue weighted by Gasteiger charge is 2.15. The van der Waals surface area contributed by atoms with Crippen LogP contribution in [0.3, 0.4) is 0 Å². The van der Waals surface area contributed by atoms with E-state index in [1.54, 1.807) is 0 Å². The van der Waals surface area contributed by atoms with Gasteiger partial charge in [-0.2, -0.15) is 0 Å². The van der Waals surface area contributed by atoms with Crippen LogP contribution in [0.4, 0.5) is 0 Å². The van der Waals surface area contributed by atoms with Gasteiger partial charge >= 0.3 is 11.9 Å². The van der Waals surface area contributed by atoms with Crippen LogP contribution in [0.5, 0.6) is 5.75 Å². The van der Waals surface area contributed by atoms with Gasteiger partial charge in [0.15, 0.2) is 0 Å². The van der Waals surface area contributed by atoms with Gasteiger partial charge in [-0.3, -0.25) is 0 Å². The van der Waals surface area contributed by atoms with Crippen LogP contribution in [-0.4, -0.2) is 25.2 Å². The molecule has 0 aromatic heterocycles. The van der Waals surface area contributed by atoms with Gasteiger partial charge in [0.25, 0.3) is 0 Å². The highest BCUT2D eigenvalue weighted by atomic mass is 16.5. The first-order chi connectivity index (χ1) is 17.1. The Morgan fingerprint density at radius 1 is 0.771 bits per heavy atom. The topological polar surface area (TPSA) is 61.8 Å². The van der Waals surface area contributed by atoms with E-state index in [-0.39, 0.29) is 18.0 Å². The minimum absolute atomic E-state index is 0.251. The predicted molar refractivity (Wildman–Crippen MR) is 140 cm³/mol. The largest absolute Gasteiger partial charge is 0.494 e. The molecule has 0 fully saturated rings. The van der Waals surface area contributed by atoms with Crippen molar-refractivity contribution in [3.8, 4) is 16.9 Å². The van der Waals surface area contributed by atoms with Crippen LogP contribution in [0.15, 0.2) is 73.8 Å². The van der Waals surface area contributed by atoms with E-state index in [4.69, 9.17) is 14.2 Å². The van der Waals surface area contributed by atoms with Crippen molar-refractivity contribution in [1.82, 2.24) is 0 Å². The van der Waals surface area contributed by atoms with Gasteiger partial charge in [0.2, 0.25) is 0 Å². The van der Waals surface area contributed by atoms with Crippen LogP contribution in [0.25, 0.3) is 11.1 Å². The molecule has 0 bridgehead atoms. The van der Waals surface area contributed by atoms with Crippen molar-refractivity contribution in [2.75, 3.05) is 13.2 Å². The molecule has 2 rings (SSSR count). The minimum atomic E-state index is -0.389. The van der Waals surface area contributed by atoms with Crippen molar-refractivity contribution in [1.29, 1.82) is 0 Å². The van der Waals surface area contributed by atoms with E-state index >= 15 is 0 Å². The third-order valence-corrected chi connectivity index (χ3v) is 5.68. The van der Waals surface area contributed by atoms with Crippen molar-refractivity contribution < 1.29 is 23.8 Å². The molecule has 5 heteroatoms. The summed E-state index contributed by atoms with van der Waals surface area (Å²) in [5, 5.41) is 0. The van der Waals surface area contributed by atoms with Crippen molar-refractivity contribution in [2.45, 2.75) is 64.4 Å². The average molecular weight is 479 g/mol. The van der Waals surface area contributed by atoms with E-state index < -0.39 is 0 Å². The Bertz CT molecular complexity index is 915. The van der Waals surface area contributed by atoms with E-state index in [1.165, 1.54) is 12.2 Å². The van der Waals surface area contributed by atoms with E-state index in [0.29, 0.717) is 13.2 Å². The quantitative estimate of drug-likeness (QED) is 0.135. The summed E-state index contributed by atoms with van der Waals surface area (Å²) < 4.78 is 16.4. The van der Waals surface area contributed by atoms with Crippen LogP contribution in [0.1, 0.15) is 70.0 Å². The molecule has 35 heavy (non-hydrogen) atoms. The molecule has 0 N–H and O–H groups in total. The van der Waals surface area contributed by atoms with E-state index in [0.717, 1.165) is 73.8 Å². The normalized spacial score (nSPS) is 11.3. The highest BCUT2D eigenvalue weighted by molar-refractivity contribution is 5.81. The van der Waals surface area contributed by atoms with Gasteiger partial charge < -0.3 is 14.2 Å². The molecule has 188 valence electrons. The zero-order valence-corrected chi connectivity index (χ0v) is 20.9. The number of hydrogen-bond donors (Lipinski definition) is 0. The SMILES string of the molecule is C=CC(=O)OCCCCCCOc1ccc(-c2ccc(C(CCCCC)OC(=O)C=C)cc2)cc1. The lowest BCUT2D eigenvalue weighted by Crippen LogP contribution is -2.09. The van der Waals surface area contributed by atoms with E-state index in [9.17, 15) is 9.59 Å². The molecule has 0 spiro atoms. The number of esters is 2. The smallest absolute Gasteiger partial charge is 0.330 e. The second-order valence-corrected chi connectivity index (χ2v) is 8.41. The lowest BCUT2D eigenvalue weighted by atomic mass is 9.99. The summed E-state index contributed by atoms with van der Waals surface area (Å²) in [6.45, 7) is 10.1. The standard InChI is InChI=1S/C30H38O5/c1-4-7-10-13-28(35-30(32)6-3)26-16-14-24(15-17-26)25-18-20-27(21-19-25)33-22-11-8-9-12-23-34-29(31)5-2/h5-6,14-21,28H,2-4,7-13,22-23H2,1H3. The summed E-state index contributed by atoms with van der Waals surface area (Å²) in [7, 11) is 0. The zero-order chi connectivity index (χ0) is 25.3. The molecule has 2 aromatic rings. The third kappa shape index (κ3) is 10.6. The van der Waals surface area contributed by atoms with Crippen molar-refractivity contribution in [2.24, 2.45) is 0 Å². The summed E-state index contributed by atoms with van der Waals surface area (Å²) in [5.74, 6) is 0.0890. The Hall–Kier alpha value is -3.34. The number of carbonyl (C=O) groups is 2. The number of carbonyl (C=O) groups excluding carboxylic acids is 2. The first-order valence-corrected chi connectivity index (χ1v) is 12.5. The molecule has 0 heterocycles. The molecule has 5 nitrogen and oxygen atoms in total. The zero-order valence-electron chi connectivity index (χ0n) is 20.9. The fourth-order valence-corrected chi connectivity index (χ4v) is 3.67. The molecule has 0 saturated carbocycles. The Morgan fingerprint density at radius 3 is 1.97 bits per heavy atom. The van der Waals surface area contributed by atoms with Gasteiger partial charge in [0.1, 0.15) is 11.9 Å². The number of ether oxygens (including phenoxy) is 3. The van der Waals surface area contributed by atoms with Crippen LogP contribution >= 0.6 is 0 Å². The van der Waals surface area contributed by atoms with Crippen LogP contribution in [0, 0.1) is 0 Å². The third-order valence-electron chi connectivity index (χ3n) is 5.68. The number of hydrogen-bond acceptors (Lipinski definition) is 5. The number of rotatable bonds is 17. The fourth-order valence-electron chi connectivity index (χ4n) is 3.67. The van der Waals surface area contributed by atoms with Crippen LogP contribution < -0.4 is 4.74 Å². The number of unbranched alkanes of at least 4 members (excludes halogenated alkanes) is 5. The molecule has 0 radical (unpaired) electrons. The molecule has 0 aliphatic heterocycles. The van der Waals surface area contributed by atoms with E-state index in [1.807, 2.05) is 24.3 Å². The van der Waals surface area contributed by atoms with Crippen molar-refractivity contribution in [3.05, 3.63) is 79.4 Å². The van der Waals surface area contributed by atoms with Gasteiger partial charge in [0.05, 0.1) is 13.2 Å². The predicted octanol–water partition coefficient (Wildman–Crippen LogP) is 7.37. The second-order valence-electron chi connectivity index (χ2n) is 8.41. The molecule has 0 aliphatic carbocycles. The summed E-state index contributed by atoms with van der Waals surface area (Å²) in [5.41, 5.74) is 3.20. The van der Waals surface area contributed by atoms with Crippen molar-refractivity contribution in [3.63, 3.8) is 0 Å². The lowest BCUT2D eigenvalue weighted by molar-refractivity contribution is -0.143. The molecule has 2 aromatic carbocycles. The van der Waals surface area contributed by atoms with Gasteiger partial charge in [-0.1, -0.05) is 69.3 Å². The van der Waals surface area contributed by atoms with Crippen LogP contribution in [0.2, 0.25) is 0 Å². The Morgan fingerprint density at radius 2 is 1.37 bits per heavy atom. The first-order valence-electron chi connectivity index (χ1n) is 12.5. The molecular formula is C30H38O5. The second kappa shape index (κ2) is 16.3. The summed E-state index contributed by atoms with van der Waals surface area (Å²) in [6.07, 6.45) is 10.0. The monoisotopic (exact) mass is 478 g/mol. The summed E-state index contributed by atoms with van der Waals surface area (Å²) in [6, 6.07) is 16.3. The van der Waals surface area contributed by atoms with Gasteiger partial charge in [0, 0.05) is 12.2 Å². The Kier molecular flexibility index (Phi) is 13.0. The first kappa shape index (κ1) is 27.9. The highest BCUT2D eigenvalue weighted by Crippen LogP contribution is 2.28. The molecule has 0 saturated heterocycles. The van der Waals surface area contributed by atoms with Crippen LogP contribution in [-0.2, 0) is 19.1 Å².